The lowest BCUT2D eigenvalue weighted by Gasteiger charge is -2.27. The SMILES string of the molecule is CC(C)(CNC(=O)N1CCC(CO)C1)c1ccccc1F. The highest BCUT2D eigenvalue weighted by Gasteiger charge is 2.28. The predicted molar refractivity (Wildman–Crippen MR) is 79.6 cm³/mol. The standard InChI is InChI=1S/C16H23FN2O2/c1-16(2,13-5-3-4-6-14(13)17)11-18-15(21)19-8-7-12(9-19)10-20/h3-6,12,20H,7-11H2,1-2H3,(H,18,21). The van der Waals surface area contributed by atoms with Gasteiger partial charge < -0.3 is 15.3 Å². The molecule has 1 unspecified atom stereocenters. The Kier molecular flexibility index (Phi) is 4.83. The molecule has 1 atom stereocenters. The van der Waals surface area contributed by atoms with Gasteiger partial charge in [0.1, 0.15) is 5.82 Å². The van der Waals surface area contributed by atoms with Gasteiger partial charge in [0, 0.05) is 37.6 Å². The smallest absolute Gasteiger partial charge is 0.317 e. The van der Waals surface area contributed by atoms with Crippen LogP contribution >= 0.6 is 0 Å². The lowest BCUT2D eigenvalue weighted by atomic mass is 9.84. The van der Waals surface area contributed by atoms with Crippen LogP contribution in [0.5, 0.6) is 0 Å². The zero-order chi connectivity index (χ0) is 15.5. The van der Waals surface area contributed by atoms with Crippen molar-refractivity contribution in [3.8, 4) is 0 Å². The molecule has 0 saturated carbocycles. The number of likely N-dealkylation sites (tertiary alicyclic amines) is 1. The van der Waals surface area contributed by atoms with E-state index < -0.39 is 5.41 Å². The van der Waals surface area contributed by atoms with Gasteiger partial charge in [0.05, 0.1) is 0 Å². The molecule has 21 heavy (non-hydrogen) atoms. The fourth-order valence-corrected chi connectivity index (χ4v) is 2.68. The van der Waals surface area contributed by atoms with Crippen molar-refractivity contribution in [2.24, 2.45) is 5.92 Å². The number of nitrogens with zero attached hydrogens (tertiary/aromatic N) is 1. The van der Waals surface area contributed by atoms with Gasteiger partial charge in [-0.1, -0.05) is 32.0 Å². The van der Waals surface area contributed by atoms with Crippen molar-refractivity contribution in [2.45, 2.75) is 25.7 Å². The van der Waals surface area contributed by atoms with E-state index in [9.17, 15) is 9.18 Å². The van der Waals surface area contributed by atoms with E-state index in [4.69, 9.17) is 5.11 Å². The van der Waals surface area contributed by atoms with Crippen molar-refractivity contribution < 1.29 is 14.3 Å². The topological polar surface area (TPSA) is 52.6 Å². The van der Waals surface area contributed by atoms with E-state index in [0.717, 1.165) is 6.42 Å². The van der Waals surface area contributed by atoms with E-state index in [1.807, 2.05) is 13.8 Å². The van der Waals surface area contributed by atoms with Crippen LogP contribution in [0.1, 0.15) is 25.8 Å². The highest BCUT2D eigenvalue weighted by molar-refractivity contribution is 5.74. The second kappa shape index (κ2) is 6.43. The molecule has 1 aliphatic rings. The van der Waals surface area contributed by atoms with Crippen LogP contribution in [0.4, 0.5) is 9.18 Å². The van der Waals surface area contributed by atoms with E-state index in [2.05, 4.69) is 5.32 Å². The number of benzene rings is 1. The Morgan fingerprint density at radius 3 is 2.81 bits per heavy atom. The minimum atomic E-state index is -0.475. The number of hydrogen-bond donors (Lipinski definition) is 2. The summed E-state index contributed by atoms with van der Waals surface area (Å²) in [5.41, 5.74) is 0.122. The quantitative estimate of drug-likeness (QED) is 0.894. The molecule has 2 amide bonds. The number of aliphatic hydroxyl groups excluding tert-OH is 1. The van der Waals surface area contributed by atoms with Gasteiger partial charge in [-0.3, -0.25) is 0 Å². The first-order valence-electron chi connectivity index (χ1n) is 7.32. The van der Waals surface area contributed by atoms with Crippen molar-refractivity contribution in [1.82, 2.24) is 10.2 Å². The average molecular weight is 294 g/mol. The van der Waals surface area contributed by atoms with Gasteiger partial charge in [-0.05, 0) is 18.1 Å². The monoisotopic (exact) mass is 294 g/mol. The van der Waals surface area contributed by atoms with Crippen molar-refractivity contribution in [1.29, 1.82) is 0 Å². The maximum atomic E-state index is 13.9. The molecule has 0 spiro atoms. The van der Waals surface area contributed by atoms with Gasteiger partial charge in [0.15, 0.2) is 0 Å². The number of rotatable bonds is 4. The molecule has 0 radical (unpaired) electrons. The third-order valence-corrected chi connectivity index (χ3v) is 4.12. The summed E-state index contributed by atoms with van der Waals surface area (Å²) < 4.78 is 13.9. The Labute approximate surface area is 125 Å². The predicted octanol–water partition coefficient (Wildman–Crippen LogP) is 2.13. The summed E-state index contributed by atoms with van der Waals surface area (Å²) in [6.45, 7) is 5.55. The van der Waals surface area contributed by atoms with Gasteiger partial charge in [-0.15, -0.1) is 0 Å². The van der Waals surface area contributed by atoms with Crippen molar-refractivity contribution in [3.63, 3.8) is 0 Å². The Morgan fingerprint density at radius 1 is 1.48 bits per heavy atom. The highest BCUT2D eigenvalue weighted by Crippen LogP contribution is 2.25. The Bertz CT molecular complexity index is 505. The lowest BCUT2D eigenvalue weighted by molar-refractivity contribution is 0.196. The van der Waals surface area contributed by atoms with Crippen LogP contribution in [0, 0.1) is 11.7 Å². The molecular weight excluding hydrogens is 271 g/mol. The molecule has 0 bridgehead atoms. The first-order valence-corrected chi connectivity index (χ1v) is 7.32. The van der Waals surface area contributed by atoms with Crippen LogP contribution < -0.4 is 5.32 Å². The minimum absolute atomic E-state index is 0.116. The molecule has 2 rings (SSSR count). The number of halogens is 1. The number of amides is 2. The largest absolute Gasteiger partial charge is 0.396 e. The maximum absolute atomic E-state index is 13.9. The number of carbonyl (C=O) groups is 1. The number of nitrogens with one attached hydrogen (secondary N) is 1. The fraction of sp³-hybridized carbons (Fsp3) is 0.562. The molecule has 2 N–H and O–H groups in total. The van der Waals surface area contributed by atoms with E-state index in [1.54, 1.807) is 23.1 Å². The molecule has 0 aromatic heterocycles. The van der Waals surface area contributed by atoms with E-state index in [-0.39, 0.29) is 24.4 Å². The van der Waals surface area contributed by atoms with Gasteiger partial charge >= 0.3 is 6.03 Å². The average Bonchev–Trinajstić information content (AvgIpc) is 2.94. The van der Waals surface area contributed by atoms with E-state index >= 15 is 0 Å². The summed E-state index contributed by atoms with van der Waals surface area (Å²) in [5.74, 6) is -0.0754. The fourth-order valence-electron chi connectivity index (χ4n) is 2.68. The highest BCUT2D eigenvalue weighted by atomic mass is 19.1. The second-order valence-corrected chi connectivity index (χ2v) is 6.31. The summed E-state index contributed by atoms with van der Waals surface area (Å²) in [6, 6.07) is 6.50. The van der Waals surface area contributed by atoms with Crippen molar-refractivity contribution in [3.05, 3.63) is 35.6 Å². The molecule has 5 heteroatoms. The van der Waals surface area contributed by atoms with Gasteiger partial charge in [0.2, 0.25) is 0 Å². The first-order chi connectivity index (χ1) is 9.94. The van der Waals surface area contributed by atoms with Crippen LogP contribution in [0.2, 0.25) is 0 Å². The molecule has 4 nitrogen and oxygen atoms in total. The summed E-state index contributed by atoms with van der Waals surface area (Å²) in [7, 11) is 0. The second-order valence-electron chi connectivity index (χ2n) is 6.31. The number of urea groups is 1. The van der Waals surface area contributed by atoms with E-state index in [1.165, 1.54) is 6.07 Å². The number of carbonyl (C=O) groups excluding carboxylic acids is 1. The van der Waals surface area contributed by atoms with Crippen LogP contribution in [-0.4, -0.2) is 42.3 Å². The van der Waals surface area contributed by atoms with Crippen LogP contribution in [-0.2, 0) is 5.41 Å². The third kappa shape index (κ3) is 3.73. The molecule has 1 aliphatic heterocycles. The lowest BCUT2D eigenvalue weighted by Crippen LogP contribution is -2.44. The summed E-state index contributed by atoms with van der Waals surface area (Å²) in [5, 5.41) is 12.0. The summed E-state index contributed by atoms with van der Waals surface area (Å²) in [6.07, 6.45) is 0.834. The zero-order valence-electron chi connectivity index (χ0n) is 12.6. The van der Waals surface area contributed by atoms with E-state index in [0.29, 0.717) is 25.2 Å². The molecule has 1 fully saturated rings. The molecule has 1 aromatic carbocycles. The van der Waals surface area contributed by atoms with Crippen molar-refractivity contribution >= 4 is 6.03 Å². The molecular formula is C16H23FN2O2. The van der Waals surface area contributed by atoms with Gasteiger partial charge in [-0.25, -0.2) is 9.18 Å². The molecule has 0 aliphatic carbocycles. The summed E-state index contributed by atoms with van der Waals surface area (Å²) in [4.78, 5) is 13.8. The van der Waals surface area contributed by atoms with Crippen molar-refractivity contribution in [2.75, 3.05) is 26.2 Å². The molecule has 116 valence electrons. The molecule has 1 saturated heterocycles. The molecule has 1 aromatic rings. The Morgan fingerprint density at radius 2 is 2.19 bits per heavy atom. The Balaban J connectivity index is 1.93. The van der Waals surface area contributed by atoms with Crippen LogP contribution in [0.3, 0.4) is 0 Å². The van der Waals surface area contributed by atoms with Crippen LogP contribution in [0.15, 0.2) is 24.3 Å². The number of aliphatic hydroxyl groups is 1. The summed E-state index contributed by atoms with van der Waals surface area (Å²) >= 11 is 0. The van der Waals surface area contributed by atoms with Crippen LogP contribution in [0.25, 0.3) is 0 Å². The first kappa shape index (κ1) is 15.8. The van der Waals surface area contributed by atoms with Gasteiger partial charge in [0.25, 0.3) is 0 Å². The zero-order valence-corrected chi connectivity index (χ0v) is 12.6. The minimum Gasteiger partial charge on any atom is -0.396 e. The maximum Gasteiger partial charge on any atom is 0.317 e. The number of hydrogen-bond acceptors (Lipinski definition) is 2. The molecule has 1 heterocycles. The third-order valence-electron chi connectivity index (χ3n) is 4.12. The Hall–Kier alpha value is -1.62. The van der Waals surface area contributed by atoms with Gasteiger partial charge in [-0.2, -0.15) is 0 Å². The normalized spacial score (nSPS) is 18.9.